The molecule has 0 radical (unpaired) electrons. The van der Waals surface area contributed by atoms with Gasteiger partial charge < -0.3 is 15.7 Å². The van der Waals surface area contributed by atoms with Crippen molar-refractivity contribution >= 4 is 11.8 Å². The lowest BCUT2D eigenvalue weighted by molar-refractivity contribution is -0.156. The third kappa shape index (κ3) is 5.37. The van der Waals surface area contributed by atoms with Gasteiger partial charge in [0.15, 0.2) is 5.84 Å². The molecule has 0 fully saturated rings. The van der Waals surface area contributed by atoms with Gasteiger partial charge in [0, 0.05) is 11.6 Å². The number of esters is 1. The van der Waals surface area contributed by atoms with Crippen LogP contribution in [0, 0.1) is 0 Å². The van der Waals surface area contributed by atoms with Crippen molar-refractivity contribution in [3.05, 3.63) is 35.4 Å². The van der Waals surface area contributed by atoms with E-state index >= 15 is 0 Å². The number of amidine groups is 1. The molecule has 0 spiro atoms. The van der Waals surface area contributed by atoms with E-state index in [0.29, 0.717) is 5.56 Å². The molecule has 0 saturated carbocycles. The van der Waals surface area contributed by atoms with Crippen molar-refractivity contribution in [2.24, 2.45) is 10.9 Å². The number of hydrogen-bond donors (Lipinski definition) is 2. The minimum absolute atomic E-state index is 0.0360. The fourth-order valence-electron chi connectivity index (χ4n) is 1.96. The first-order chi connectivity index (χ1) is 10.1. The van der Waals surface area contributed by atoms with Gasteiger partial charge in [-0.15, -0.1) is 0 Å². The molecule has 0 aliphatic rings. The molecule has 0 amide bonds. The summed E-state index contributed by atoms with van der Waals surface area (Å²) in [6, 6.07) is 7.38. The normalized spacial score (nSPS) is 14.0. The Morgan fingerprint density at radius 1 is 1.36 bits per heavy atom. The summed E-state index contributed by atoms with van der Waals surface area (Å²) in [6.45, 7) is 7.75. The summed E-state index contributed by atoms with van der Waals surface area (Å²) in [7, 11) is 1.87. The molecule has 1 unspecified atom stereocenters. The molecule has 6 nitrogen and oxygen atoms in total. The Morgan fingerprint density at radius 3 is 2.36 bits per heavy atom. The van der Waals surface area contributed by atoms with Crippen LogP contribution in [0.25, 0.3) is 0 Å². The zero-order chi connectivity index (χ0) is 16.9. The van der Waals surface area contributed by atoms with E-state index in [9.17, 15) is 4.79 Å². The number of nitrogens with zero attached hydrogens (tertiary/aromatic N) is 2. The van der Waals surface area contributed by atoms with Gasteiger partial charge in [-0.05, 0) is 40.3 Å². The second-order valence-corrected chi connectivity index (χ2v) is 6.28. The van der Waals surface area contributed by atoms with Crippen molar-refractivity contribution < 1.29 is 14.7 Å². The first-order valence-electron chi connectivity index (χ1n) is 7.14. The molecule has 0 aliphatic heterocycles. The minimum atomic E-state index is -0.482. The lowest BCUT2D eigenvalue weighted by Crippen LogP contribution is -2.34. The highest BCUT2D eigenvalue weighted by Gasteiger charge is 2.20. The number of carbonyl (C=O) groups excluding carboxylic acids is 1. The number of rotatable bonds is 5. The van der Waals surface area contributed by atoms with E-state index in [1.165, 1.54) is 0 Å². The van der Waals surface area contributed by atoms with Crippen LogP contribution in [0.2, 0.25) is 0 Å². The summed E-state index contributed by atoms with van der Waals surface area (Å²) in [4.78, 5) is 13.8. The number of likely N-dealkylation sites (N-methyl/N-ethyl adjacent to an activating group) is 1. The van der Waals surface area contributed by atoms with Crippen LogP contribution in [0.4, 0.5) is 0 Å². The van der Waals surface area contributed by atoms with Crippen molar-refractivity contribution in [3.8, 4) is 0 Å². The summed E-state index contributed by atoms with van der Waals surface area (Å²) in [5, 5.41) is 11.6. The Morgan fingerprint density at radius 2 is 1.91 bits per heavy atom. The number of oxime groups is 1. The minimum Gasteiger partial charge on any atom is -0.459 e. The van der Waals surface area contributed by atoms with E-state index in [0.717, 1.165) is 5.56 Å². The van der Waals surface area contributed by atoms with Crippen LogP contribution < -0.4 is 5.73 Å². The lowest BCUT2D eigenvalue weighted by Gasteiger charge is -2.26. The standard InChI is InChI=1S/C16H25N3O3/c1-11(19(5)10-14(20)22-16(2,3)4)12-6-8-13(9-7-12)15(17)18-21/h6-9,11,21H,10H2,1-5H3,(H2,17,18). The predicted octanol–water partition coefficient (Wildman–Crippen LogP) is 2.12. The first-order valence-corrected chi connectivity index (χ1v) is 7.14. The second-order valence-electron chi connectivity index (χ2n) is 6.28. The fourth-order valence-corrected chi connectivity index (χ4v) is 1.96. The predicted molar refractivity (Wildman–Crippen MR) is 85.8 cm³/mol. The van der Waals surface area contributed by atoms with Crippen LogP contribution in [0.5, 0.6) is 0 Å². The third-order valence-electron chi connectivity index (χ3n) is 3.26. The molecular formula is C16H25N3O3. The van der Waals surface area contributed by atoms with Crippen LogP contribution in [-0.2, 0) is 9.53 Å². The number of benzene rings is 1. The van der Waals surface area contributed by atoms with Crippen LogP contribution in [0.1, 0.15) is 44.9 Å². The molecule has 0 bridgehead atoms. The monoisotopic (exact) mass is 307 g/mol. The maximum Gasteiger partial charge on any atom is 0.320 e. The SMILES string of the molecule is CC(c1ccc(C(N)=NO)cc1)N(C)CC(=O)OC(C)(C)C. The summed E-state index contributed by atoms with van der Waals surface area (Å²) in [5.74, 6) is -0.184. The molecular weight excluding hydrogens is 282 g/mol. The first kappa shape index (κ1) is 18.0. The maximum absolute atomic E-state index is 11.9. The summed E-state index contributed by atoms with van der Waals surface area (Å²) in [5.41, 5.74) is 6.73. The Hall–Kier alpha value is -2.08. The molecule has 0 heterocycles. The Labute approximate surface area is 131 Å². The largest absolute Gasteiger partial charge is 0.459 e. The van der Waals surface area contributed by atoms with E-state index in [-0.39, 0.29) is 24.4 Å². The van der Waals surface area contributed by atoms with Gasteiger partial charge in [-0.3, -0.25) is 9.69 Å². The number of ether oxygens (including phenoxy) is 1. The van der Waals surface area contributed by atoms with Gasteiger partial charge in [-0.25, -0.2) is 0 Å². The number of carbonyl (C=O) groups is 1. The molecule has 6 heteroatoms. The lowest BCUT2D eigenvalue weighted by atomic mass is 10.0. The highest BCUT2D eigenvalue weighted by Crippen LogP contribution is 2.19. The molecule has 122 valence electrons. The van der Waals surface area contributed by atoms with Crippen molar-refractivity contribution in [1.82, 2.24) is 4.90 Å². The smallest absolute Gasteiger partial charge is 0.320 e. The summed E-state index contributed by atoms with van der Waals surface area (Å²) in [6.07, 6.45) is 0. The van der Waals surface area contributed by atoms with E-state index in [1.54, 1.807) is 12.1 Å². The van der Waals surface area contributed by atoms with Crippen LogP contribution in [0.3, 0.4) is 0 Å². The molecule has 3 N–H and O–H groups in total. The third-order valence-corrected chi connectivity index (χ3v) is 3.26. The molecule has 0 aromatic heterocycles. The van der Waals surface area contributed by atoms with Gasteiger partial charge in [-0.2, -0.15) is 0 Å². The average Bonchev–Trinajstić information content (AvgIpc) is 2.43. The van der Waals surface area contributed by atoms with Crippen LogP contribution in [-0.4, -0.2) is 41.1 Å². The zero-order valence-electron chi connectivity index (χ0n) is 13.8. The summed E-state index contributed by atoms with van der Waals surface area (Å²) >= 11 is 0. The Bertz CT molecular complexity index is 533. The van der Waals surface area contributed by atoms with Crippen molar-refractivity contribution in [3.63, 3.8) is 0 Å². The van der Waals surface area contributed by atoms with Crippen LogP contribution in [0.15, 0.2) is 29.4 Å². The van der Waals surface area contributed by atoms with E-state index in [2.05, 4.69) is 5.16 Å². The highest BCUT2D eigenvalue weighted by atomic mass is 16.6. The van der Waals surface area contributed by atoms with Gasteiger partial charge in [0.05, 0.1) is 6.54 Å². The molecule has 1 aromatic rings. The average molecular weight is 307 g/mol. The van der Waals surface area contributed by atoms with Crippen molar-refractivity contribution in [2.45, 2.75) is 39.3 Å². The van der Waals surface area contributed by atoms with Gasteiger partial charge in [0.1, 0.15) is 5.60 Å². The van der Waals surface area contributed by atoms with E-state index < -0.39 is 5.60 Å². The molecule has 1 aromatic carbocycles. The molecule has 0 aliphatic carbocycles. The molecule has 22 heavy (non-hydrogen) atoms. The van der Waals surface area contributed by atoms with Gasteiger partial charge in [0.25, 0.3) is 0 Å². The fraction of sp³-hybridized carbons (Fsp3) is 0.500. The Kier molecular flexibility index (Phi) is 5.93. The van der Waals surface area contributed by atoms with Gasteiger partial charge in [-0.1, -0.05) is 29.4 Å². The van der Waals surface area contributed by atoms with Crippen molar-refractivity contribution in [2.75, 3.05) is 13.6 Å². The van der Waals surface area contributed by atoms with Crippen LogP contribution >= 0.6 is 0 Å². The highest BCUT2D eigenvalue weighted by molar-refractivity contribution is 5.96. The van der Waals surface area contributed by atoms with E-state index in [4.69, 9.17) is 15.7 Å². The molecule has 1 rings (SSSR count). The molecule has 1 atom stereocenters. The van der Waals surface area contributed by atoms with Gasteiger partial charge in [0.2, 0.25) is 0 Å². The number of hydrogen-bond acceptors (Lipinski definition) is 5. The second kappa shape index (κ2) is 7.26. The number of nitrogens with two attached hydrogens (primary N) is 1. The van der Waals surface area contributed by atoms with E-state index in [1.807, 2.05) is 51.8 Å². The topological polar surface area (TPSA) is 88.2 Å². The quantitative estimate of drug-likeness (QED) is 0.286. The molecule has 0 saturated heterocycles. The maximum atomic E-state index is 11.9. The van der Waals surface area contributed by atoms with Gasteiger partial charge >= 0.3 is 5.97 Å². The zero-order valence-corrected chi connectivity index (χ0v) is 13.8. The van der Waals surface area contributed by atoms with Crippen molar-refractivity contribution in [1.29, 1.82) is 0 Å². The summed E-state index contributed by atoms with van der Waals surface area (Å²) < 4.78 is 5.32. The Balaban J connectivity index is 2.70.